The molecule has 0 bridgehead atoms. The number of para-hydroxylation sites is 1. The van der Waals surface area contributed by atoms with Crippen molar-refractivity contribution in [2.24, 2.45) is 4.99 Å². The molecule has 3 N–H and O–H groups in total. The molecular formula is C19H26N4O2. The van der Waals surface area contributed by atoms with Gasteiger partial charge in [-0.15, -0.1) is 0 Å². The first kappa shape index (κ1) is 17.3. The molecule has 0 radical (unpaired) electrons. The Morgan fingerprint density at radius 1 is 1.36 bits per heavy atom. The standard InChI is InChI=1S/C19H26N4O2/c1-13(17-12-14-6-3-4-7-16(14)25-17)22-19(20-2)21-11-5-8-18(24)23-15-9-10-15/h3-4,6-7,12-13,15H,5,8-11H2,1-2H3,(H,23,24)(H2,20,21,22). The minimum atomic E-state index is -0.00300. The lowest BCUT2D eigenvalue weighted by Crippen LogP contribution is -2.39. The summed E-state index contributed by atoms with van der Waals surface area (Å²) in [5, 5.41) is 10.7. The molecule has 0 spiro atoms. The fourth-order valence-corrected chi connectivity index (χ4v) is 2.67. The molecule has 1 atom stereocenters. The third-order valence-electron chi connectivity index (χ3n) is 4.26. The maximum atomic E-state index is 11.7. The smallest absolute Gasteiger partial charge is 0.220 e. The van der Waals surface area contributed by atoms with Gasteiger partial charge in [0.2, 0.25) is 5.91 Å². The van der Waals surface area contributed by atoms with Crippen LogP contribution in [0.5, 0.6) is 0 Å². The van der Waals surface area contributed by atoms with E-state index in [2.05, 4.69) is 20.9 Å². The second-order valence-electron chi connectivity index (χ2n) is 6.50. The summed E-state index contributed by atoms with van der Waals surface area (Å²) in [5.74, 6) is 1.71. The average Bonchev–Trinajstić information content (AvgIpc) is 3.31. The molecule has 1 aromatic carbocycles. The quantitative estimate of drug-likeness (QED) is 0.411. The monoisotopic (exact) mass is 342 g/mol. The number of nitrogens with zero attached hydrogens (tertiary/aromatic N) is 1. The maximum Gasteiger partial charge on any atom is 0.220 e. The zero-order valence-corrected chi connectivity index (χ0v) is 14.8. The number of hydrogen-bond acceptors (Lipinski definition) is 3. The van der Waals surface area contributed by atoms with Crippen LogP contribution >= 0.6 is 0 Å². The molecule has 1 fully saturated rings. The Kier molecular flexibility index (Phi) is 5.58. The lowest BCUT2D eigenvalue weighted by Gasteiger charge is -2.16. The Balaban J connectivity index is 1.43. The molecule has 0 aliphatic heterocycles. The van der Waals surface area contributed by atoms with E-state index in [9.17, 15) is 4.79 Å². The van der Waals surface area contributed by atoms with Crippen LogP contribution in [0, 0.1) is 0 Å². The molecule has 0 saturated heterocycles. The number of amides is 1. The number of rotatable bonds is 7. The van der Waals surface area contributed by atoms with E-state index in [1.165, 1.54) is 0 Å². The van der Waals surface area contributed by atoms with E-state index in [0.717, 1.165) is 36.0 Å². The molecule has 134 valence electrons. The van der Waals surface area contributed by atoms with Crippen molar-refractivity contribution in [2.75, 3.05) is 13.6 Å². The zero-order valence-electron chi connectivity index (χ0n) is 14.8. The largest absolute Gasteiger partial charge is 0.459 e. The van der Waals surface area contributed by atoms with Gasteiger partial charge in [0.25, 0.3) is 0 Å². The highest BCUT2D eigenvalue weighted by Gasteiger charge is 2.22. The van der Waals surface area contributed by atoms with E-state index in [1.54, 1.807) is 7.05 Å². The summed E-state index contributed by atoms with van der Waals surface area (Å²) in [4.78, 5) is 15.9. The van der Waals surface area contributed by atoms with Crippen molar-refractivity contribution < 1.29 is 9.21 Å². The number of carbonyl (C=O) groups excluding carboxylic acids is 1. The number of furan rings is 1. The molecule has 1 unspecified atom stereocenters. The van der Waals surface area contributed by atoms with Gasteiger partial charge in [0.15, 0.2) is 5.96 Å². The zero-order chi connectivity index (χ0) is 17.6. The Morgan fingerprint density at radius 3 is 2.88 bits per heavy atom. The van der Waals surface area contributed by atoms with Crippen LogP contribution in [0.25, 0.3) is 11.0 Å². The van der Waals surface area contributed by atoms with Gasteiger partial charge in [-0.3, -0.25) is 9.79 Å². The SMILES string of the molecule is CN=C(NCCCC(=O)NC1CC1)NC(C)c1cc2ccccc2o1. The minimum Gasteiger partial charge on any atom is -0.459 e. The Bertz CT molecular complexity index is 716. The van der Waals surface area contributed by atoms with Gasteiger partial charge in [-0.1, -0.05) is 18.2 Å². The van der Waals surface area contributed by atoms with Gasteiger partial charge < -0.3 is 20.4 Å². The van der Waals surface area contributed by atoms with Crippen molar-refractivity contribution in [3.63, 3.8) is 0 Å². The van der Waals surface area contributed by atoms with Crippen molar-refractivity contribution in [2.45, 2.75) is 44.7 Å². The maximum absolute atomic E-state index is 11.7. The van der Waals surface area contributed by atoms with Crippen molar-refractivity contribution in [3.05, 3.63) is 36.1 Å². The van der Waals surface area contributed by atoms with Crippen LogP contribution in [0.1, 0.15) is 44.4 Å². The van der Waals surface area contributed by atoms with Gasteiger partial charge in [-0.05, 0) is 38.3 Å². The second kappa shape index (κ2) is 8.05. The van der Waals surface area contributed by atoms with Crippen LogP contribution in [0.4, 0.5) is 0 Å². The number of carbonyl (C=O) groups is 1. The van der Waals surface area contributed by atoms with Crippen LogP contribution in [-0.2, 0) is 4.79 Å². The predicted octanol–water partition coefficient (Wildman–Crippen LogP) is 2.72. The summed E-state index contributed by atoms with van der Waals surface area (Å²) in [6, 6.07) is 10.4. The predicted molar refractivity (Wildman–Crippen MR) is 99.5 cm³/mol. The lowest BCUT2D eigenvalue weighted by molar-refractivity contribution is -0.121. The molecule has 1 aliphatic rings. The van der Waals surface area contributed by atoms with E-state index in [0.29, 0.717) is 25.0 Å². The Labute approximate surface area is 148 Å². The molecule has 6 heteroatoms. The summed E-state index contributed by atoms with van der Waals surface area (Å²) >= 11 is 0. The summed E-state index contributed by atoms with van der Waals surface area (Å²) in [7, 11) is 1.74. The third-order valence-corrected chi connectivity index (χ3v) is 4.26. The van der Waals surface area contributed by atoms with Gasteiger partial charge in [-0.2, -0.15) is 0 Å². The van der Waals surface area contributed by atoms with Gasteiger partial charge in [0, 0.05) is 31.4 Å². The van der Waals surface area contributed by atoms with Crippen LogP contribution < -0.4 is 16.0 Å². The summed E-state index contributed by atoms with van der Waals surface area (Å²) < 4.78 is 5.88. The highest BCUT2D eigenvalue weighted by molar-refractivity contribution is 5.81. The normalized spacial score (nSPS) is 15.8. The van der Waals surface area contributed by atoms with Gasteiger partial charge in [0.05, 0.1) is 6.04 Å². The lowest BCUT2D eigenvalue weighted by atomic mass is 10.2. The number of aliphatic imine (C=N–C) groups is 1. The fourth-order valence-electron chi connectivity index (χ4n) is 2.67. The number of guanidine groups is 1. The summed E-state index contributed by atoms with van der Waals surface area (Å²) in [5.41, 5.74) is 0.885. The molecule has 1 saturated carbocycles. The molecule has 1 heterocycles. The molecule has 6 nitrogen and oxygen atoms in total. The molecule has 1 amide bonds. The van der Waals surface area contributed by atoms with Crippen LogP contribution in [0.15, 0.2) is 39.7 Å². The van der Waals surface area contributed by atoms with E-state index in [4.69, 9.17) is 4.42 Å². The van der Waals surface area contributed by atoms with Crippen LogP contribution in [-0.4, -0.2) is 31.5 Å². The van der Waals surface area contributed by atoms with E-state index < -0.39 is 0 Å². The van der Waals surface area contributed by atoms with Gasteiger partial charge >= 0.3 is 0 Å². The molecule has 1 aromatic heterocycles. The van der Waals surface area contributed by atoms with Crippen molar-refractivity contribution in [1.29, 1.82) is 0 Å². The summed E-state index contributed by atoms with van der Waals surface area (Å²) in [6.07, 6.45) is 3.57. The third kappa shape index (κ3) is 4.98. The first-order valence-corrected chi connectivity index (χ1v) is 8.90. The molecule has 25 heavy (non-hydrogen) atoms. The number of nitrogens with one attached hydrogen (secondary N) is 3. The number of benzene rings is 1. The highest BCUT2D eigenvalue weighted by Crippen LogP contribution is 2.23. The van der Waals surface area contributed by atoms with E-state index >= 15 is 0 Å². The first-order valence-electron chi connectivity index (χ1n) is 8.90. The molecule has 1 aliphatic carbocycles. The molecular weight excluding hydrogens is 316 g/mol. The van der Waals surface area contributed by atoms with Crippen molar-refractivity contribution in [3.8, 4) is 0 Å². The van der Waals surface area contributed by atoms with E-state index in [1.807, 2.05) is 37.3 Å². The van der Waals surface area contributed by atoms with Gasteiger partial charge in [0.1, 0.15) is 11.3 Å². The fraction of sp³-hybridized carbons (Fsp3) is 0.474. The van der Waals surface area contributed by atoms with Crippen molar-refractivity contribution >= 4 is 22.8 Å². The topological polar surface area (TPSA) is 78.7 Å². The highest BCUT2D eigenvalue weighted by atomic mass is 16.3. The molecule has 3 rings (SSSR count). The Hall–Kier alpha value is -2.50. The van der Waals surface area contributed by atoms with Crippen LogP contribution in [0.3, 0.4) is 0 Å². The van der Waals surface area contributed by atoms with E-state index in [-0.39, 0.29) is 11.9 Å². The summed E-state index contributed by atoms with van der Waals surface area (Å²) in [6.45, 7) is 2.73. The first-order chi connectivity index (χ1) is 12.2. The Morgan fingerprint density at radius 2 is 2.16 bits per heavy atom. The van der Waals surface area contributed by atoms with Crippen LogP contribution in [0.2, 0.25) is 0 Å². The molecule has 2 aromatic rings. The minimum absolute atomic E-state index is 0.00300. The van der Waals surface area contributed by atoms with Crippen molar-refractivity contribution in [1.82, 2.24) is 16.0 Å². The second-order valence-corrected chi connectivity index (χ2v) is 6.50. The van der Waals surface area contributed by atoms with Gasteiger partial charge in [-0.25, -0.2) is 0 Å². The number of hydrogen-bond donors (Lipinski definition) is 3. The number of fused-ring (bicyclic) bond motifs is 1. The average molecular weight is 342 g/mol.